The van der Waals surface area contributed by atoms with Gasteiger partial charge in [-0.2, -0.15) is 0 Å². The Morgan fingerprint density at radius 1 is 1.39 bits per heavy atom. The number of nitrogens with one attached hydrogen (secondary N) is 4. The summed E-state index contributed by atoms with van der Waals surface area (Å²) in [5.41, 5.74) is 0.778. The summed E-state index contributed by atoms with van der Waals surface area (Å²) in [5.74, 6) is 0.479. The zero-order valence-corrected chi connectivity index (χ0v) is 12.5. The van der Waals surface area contributed by atoms with Gasteiger partial charge in [-0.25, -0.2) is 0 Å². The van der Waals surface area contributed by atoms with Crippen LogP contribution in [-0.4, -0.2) is 35.6 Å². The van der Waals surface area contributed by atoms with Crippen LogP contribution < -0.4 is 10.6 Å². The second kappa shape index (κ2) is 8.88. The van der Waals surface area contributed by atoms with Gasteiger partial charge in [0.2, 0.25) is 0 Å². The highest BCUT2D eigenvalue weighted by molar-refractivity contribution is 9.18. The van der Waals surface area contributed by atoms with Crippen molar-refractivity contribution < 1.29 is 5.11 Å². The summed E-state index contributed by atoms with van der Waals surface area (Å²) in [6, 6.07) is 0. The van der Waals surface area contributed by atoms with Crippen molar-refractivity contribution in [2.24, 2.45) is 5.92 Å². The third-order valence-corrected chi connectivity index (χ3v) is 2.58. The molecule has 102 valence electrons. The third kappa shape index (κ3) is 5.97. The summed E-state index contributed by atoms with van der Waals surface area (Å²) in [6.07, 6.45) is 3.21. The summed E-state index contributed by atoms with van der Waals surface area (Å²) in [6.45, 7) is 4.91. The van der Waals surface area contributed by atoms with Crippen molar-refractivity contribution in [3.8, 4) is 0 Å². The fourth-order valence-electron chi connectivity index (χ4n) is 1.21. The molecule has 0 aromatic carbocycles. The largest absolute Gasteiger partial charge is 0.394 e. The summed E-state index contributed by atoms with van der Waals surface area (Å²) >= 11 is 3.02. The van der Waals surface area contributed by atoms with Crippen molar-refractivity contribution in [3.63, 3.8) is 0 Å². The van der Waals surface area contributed by atoms with Crippen molar-refractivity contribution >= 4 is 26.8 Å². The van der Waals surface area contributed by atoms with E-state index in [2.05, 4.69) is 40.4 Å². The van der Waals surface area contributed by atoms with E-state index in [1.165, 1.54) is 6.20 Å². The summed E-state index contributed by atoms with van der Waals surface area (Å²) in [5, 5.41) is 30.8. The van der Waals surface area contributed by atoms with Gasteiger partial charge in [-0.15, -0.1) is 0 Å². The molecule has 0 radical (unpaired) electrons. The Morgan fingerprint density at radius 3 is 2.39 bits per heavy atom. The molecule has 0 aliphatic rings. The molecule has 0 saturated carbocycles. The normalized spacial score (nSPS) is 14.3. The quantitative estimate of drug-likeness (QED) is 0.440. The fraction of sp³-hybridized carbons (Fsp3) is 0.500. The van der Waals surface area contributed by atoms with Crippen LogP contribution >= 0.6 is 15.9 Å². The van der Waals surface area contributed by atoms with Crippen molar-refractivity contribution in [1.29, 1.82) is 10.8 Å². The van der Waals surface area contributed by atoms with Gasteiger partial charge in [0.15, 0.2) is 0 Å². The summed E-state index contributed by atoms with van der Waals surface area (Å²) in [7, 11) is 1.69. The molecule has 0 fully saturated rings. The number of aliphatic hydroxyl groups is 1. The Labute approximate surface area is 117 Å². The first-order chi connectivity index (χ1) is 8.43. The summed E-state index contributed by atoms with van der Waals surface area (Å²) in [4.78, 5) is 0. The standard InChI is InChI=1S/C12H21BrN4O/c1-8(2)5-17-6-9(4-14)11(18)10(7-16-3)12(13)15/h4,6-8,11,14-18H,5H2,1-3H3/b9-6+,10-7-,14-4?,15-12?. The zero-order chi connectivity index (χ0) is 14.1. The predicted octanol–water partition coefficient (Wildman–Crippen LogP) is 1.60. The average Bonchev–Trinajstić information content (AvgIpc) is 2.30. The van der Waals surface area contributed by atoms with Crippen LogP contribution in [0, 0.1) is 16.7 Å². The Kier molecular flexibility index (Phi) is 8.32. The zero-order valence-electron chi connectivity index (χ0n) is 10.9. The molecular weight excluding hydrogens is 296 g/mol. The molecule has 5 N–H and O–H groups in total. The van der Waals surface area contributed by atoms with Crippen molar-refractivity contribution in [3.05, 3.63) is 23.5 Å². The number of rotatable bonds is 8. The van der Waals surface area contributed by atoms with E-state index in [9.17, 15) is 5.11 Å². The highest BCUT2D eigenvalue weighted by Gasteiger charge is 2.17. The first-order valence-electron chi connectivity index (χ1n) is 5.67. The Balaban J connectivity index is 4.88. The van der Waals surface area contributed by atoms with Gasteiger partial charge < -0.3 is 21.1 Å². The molecule has 1 atom stereocenters. The number of hydrogen-bond donors (Lipinski definition) is 5. The first kappa shape index (κ1) is 16.9. The minimum Gasteiger partial charge on any atom is -0.394 e. The number of hydrogen-bond acceptors (Lipinski definition) is 5. The average molecular weight is 317 g/mol. The topological polar surface area (TPSA) is 92.0 Å². The van der Waals surface area contributed by atoms with Gasteiger partial charge in [0.05, 0.1) is 0 Å². The second-order valence-electron chi connectivity index (χ2n) is 4.20. The van der Waals surface area contributed by atoms with E-state index in [1.54, 1.807) is 13.2 Å². The minimum atomic E-state index is -1.01. The third-order valence-electron chi connectivity index (χ3n) is 2.13. The summed E-state index contributed by atoms with van der Waals surface area (Å²) < 4.78 is 0.0842. The van der Waals surface area contributed by atoms with Crippen molar-refractivity contribution in [1.82, 2.24) is 10.6 Å². The minimum absolute atomic E-state index is 0.0842. The molecule has 6 heteroatoms. The molecule has 0 bridgehead atoms. The van der Waals surface area contributed by atoms with Gasteiger partial charge in [-0.3, -0.25) is 5.41 Å². The van der Waals surface area contributed by atoms with Crippen LogP contribution in [0.25, 0.3) is 0 Å². The smallest absolute Gasteiger partial charge is 0.111 e. The van der Waals surface area contributed by atoms with E-state index in [-0.39, 0.29) is 4.62 Å². The fourth-order valence-corrected chi connectivity index (χ4v) is 1.54. The number of aliphatic hydroxyl groups excluding tert-OH is 1. The second-order valence-corrected chi connectivity index (χ2v) is 4.99. The van der Waals surface area contributed by atoms with Crippen LogP contribution in [0.15, 0.2) is 23.5 Å². The van der Waals surface area contributed by atoms with Gasteiger partial charge in [-0.1, -0.05) is 13.8 Å². The molecule has 0 aromatic rings. The van der Waals surface area contributed by atoms with E-state index in [4.69, 9.17) is 10.8 Å². The molecule has 0 aliphatic carbocycles. The van der Waals surface area contributed by atoms with Gasteiger partial charge in [0.25, 0.3) is 0 Å². The molecule has 18 heavy (non-hydrogen) atoms. The van der Waals surface area contributed by atoms with E-state index in [0.29, 0.717) is 17.1 Å². The van der Waals surface area contributed by atoms with Crippen molar-refractivity contribution in [2.75, 3.05) is 13.6 Å². The lowest BCUT2D eigenvalue weighted by Gasteiger charge is -2.15. The molecular formula is C12H21BrN4O. The molecule has 0 amide bonds. The Bertz CT molecular complexity index is 350. The Morgan fingerprint density at radius 2 is 2.00 bits per heavy atom. The van der Waals surface area contributed by atoms with E-state index in [0.717, 1.165) is 12.8 Å². The van der Waals surface area contributed by atoms with Crippen molar-refractivity contribution in [2.45, 2.75) is 20.0 Å². The maximum atomic E-state index is 10.1. The first-order valence-corrected chi connectivity index (χ1v) is 6.47. The SMILES string of the molecule is CN/C=C(\C(=N)Br)C(O)/C(C=N)=C/NCC(C)C. The molecule has 0 rings (SSSR count). The van der Waals surface area contributed by atoms with E-state index < -0.39 is 6.10 Å². The highest BCUT2D eigenvalue weighted by atomic mass is 79.9. The maximum Gasteiger partial charge on any atom is 0.111 e. The molecule has 0 spiro atoms. The molecule has 0 aromatic heterocycles. The predicted molar refractivity (Wildman–Crippen MR) is 79.5 cm³/mol. The maximum absolute atomic E-state index is 10.1. The monoisotopic (exact) mass is 316 g/mol. The Hall–Kier alpha value is -1.14. The van der Waals surface area contributed by atoms with Crippen LogP contribution in [0.2, 0.25) is 0 Å². The molecule has 1 unspecified atom stereocenters. The molecule has 0 heterocycles. The van der Waals surface area contributed by atoms with Crippen LogP contribution in [0.1, 0.15) is 13.8 Å². The van der Waals surface area contributed by atoms with Crippen LogP contribution in [0.3, 0.4) is 0 Å². The van der Waals surface area contributed by atoms with Gasteiger partial charge in [0.1, 0.15) is 10.7 Å². The van der Waals surface area contributed by atoms with Gasteiger partial charge in [0, 0.05) is 43.4 Å². The van der Waals surface area contributed by atoms with Crippen LogP contribution in [-0.2, 0) is 0 Å². The van der Waals surface area contributed by atoms with E-state index in [1.807, 2.05) is 0 Å². The lowest BCUT2D eigenvalue weighted by Crippen LogP contribution is -2.23. The van der Waals surface area contributed by atoms with Crippen LogP contribution in [0.5, 0.6) is 0 Å². The lowest BCUT2D eigenvalue weighted by molar-refractivity contribution is 0.258. The van der Waals surface area contributed by atoms with Gasteiger partial charge >= 0.3 is 0 Å². The van der Waals surface area contributed by atoms with E-state index >= 15 is 0 Å². The lowest BCUT2D eigenvalue weighted by atomic mass is 10.0. The number of halogens is 1. The molecule has 5 nitrogen and oxygen atoms in total. The highest BCUT2D eigenvalue weighted by Crippen LogP contribution is 2.14. The molecule has 0 saturated heterocycles. The van der Waals surface area contributed by atoms with Crippen LogP contribution in [0.4, 0.5) is 0 Å². The van der Waals surface area contributed by atoms with Gasteiger partial charge in [-0.05, 0) is 21.8 Å². The molecule has 0 aliphatic heterocycles.